The second-order valence-corrected chi connectivity index (χ2v) is 5.12. The lowest BCUT2D eigenvalue weighted by molar-refractivity contribution is -0.138. The number of aryl methyl sites for hydroxylation is 2. The van der Waals surface area contributed by atoms with Crippen LogP contribution < -0.4 is 0 Å². The van der Waals surface area contributed by atoms with Gasteiger partial charge >= 0.3 is 5.97 Å². The molecule has 0 fully saturated rings. The average Bonchev–Trinajstić information content (AvgIpc) is 2.77. The first-order chi connectivity index (χ1) is 9.52. The molecule has 0 aliphatic heterocycles. The monoisotopic (exact) mass is 292 g/mol. The molecule has 4 nitrogen and oxygen atoms in total. The Labute approximate surface area is 123 Å². The Balaban J connectivity index is 2.36. The number of aliphatic carboxylic acids is 1. The van der Waals surface area contributed by atoms with Crippen LogP contribution in [0.4, 0.5) is 0 Å². The van der Waals surface area contributed by atoms with Crippen molar-refractivity contribution in [2.75, 3.05) is 0 Å². The third-order valence-corrected chi connectivity index (χ3v) is 3.62. The first kappa shape index (κ1) is 14.6. The SMILES string of the molecule is CCn1nc(C)cc1CC(C(=O)O)c1ccccc1Cl. The van der Waals surface area contributed by atoms with Crippen LogP contribution in [0.25, 0.3) is 0 Å². The normalized spacial score (nSPS) is 12.3. The van der Waals surface area contributed by atoms with E-state index in [4.69, 9.17) is 11.6 Å². The van der Waals surface area contributed by atoms with Crippen molar-refractivity contribution < 1.29 is 9.90 Å². The first-order valence-corrected chi connectivity index (χ1v) is 6.91. The fraction of sp³-hybridized carbons (Fsp3) is 0.333. The molecule has 0 saturated carbocycles. The minimum atomic E-state index is -0.875. The van der Waals surface area contributed by atoms with Crippen LogP contribution in [0.15, 0.2) is 30.3 Å². The molecule has 2 rings (SSSR count). The van der Waals surface area contributed by atoms with Crippen molar-refractivity contribution in [1.29, 1.82) is 0 Å². The largest absolute Gasteiger partial charge is 0.481 e. The van der Waals surface area contributed by atoms with Gasteiger partial charge in [-0.3, -0.25) is 9.48 Å². The molecule has 1 aromatic carbocycles. The highest BCUT2D eigenvalue weighted by molar-refractivity contribution is 6.31. The summed E-state index contributed by atoms with van der Waals surface area (Å²) < 4.78 is 1.84. The van der Waals surface area contributed by atoms with E-state index < -0.39 is 11.9 Å². The van der Waals surface area contributed by atoms with Crippen molar-refractivity contribution in [3.05, 3.63) is 52.3 Å². The van der Waals surface area contributed by atoms with Crippen LogP contribution in [0.5, 0.6) is 0 Å². The zero-order valence-electron chi connectivity index (χ0n) is 11.5. The molecular weight excluding hydrogens is 276 g/mol. The molecule has 1 unspecified atom stereocenters. The Bertz CT molecular complexity index is 622. The summed E-state index contributed by atoms with van der Waals surface area (Å²) in [5, 5.41) is 14.3. The minimum Gasteiger partial charge on any atom is -0.481 e. The average molecular weight is 293 g/mol. The van der Waals surface area contributed by atoms with E-state index in [9.17, 15) is 9.90 Å². The van der Waals surface area contributed by atoms with Crippen LogP contribution in [0.1, 0.15) is 29.8 Å². The predicted octanol–water partition coefficient (Wildman–Crippen LogP) is 3.28. The highest BCUT2D eigenvalue weighted by Crippen LogP contribution is 2.28. The van der Waals surface area contributed by atoms with Crippen molar-refractivity contribution in [3.63, 3.8) is 0 Å². The maximum absolute atomic E-state index is 11.6. The van der Waals surface area contributed by atoms with Gasteiger partial charge in [0.05, 0.1) is 11.6 Å². The van der Waals surface area contributed by atoms with Crippen molar-refractivity contribution in [2.45, 2.75) is 32.7 Å². The number of halogens is 1. The number of aromatic nitrogens is 2. The fourth-order valence-corrected chi connectivity index (χ4v) is 2.60. The summed E-state index contributed by atoms with van der Waals surface area (Å²) in [5.41, 5.74) is 2.45. The maximum Gasteiger partial charge on any atom is 0.311 e. The first-order valence-electron chi connectivity index (χ1n) is 6.53. The van der Waals surface area contributed by atoms with Crippen LogP contribution >= 0.6 is 11.6 Å². The van der Waals surface area contributed by atoms with Gasteiger partial charge in [-0.25, -0.2) is 0 Å². The molecule has 1 N–H and O–H groups in total. The van der Waals surface area contributed by atoms with E-state index in [1.54, 1.807) is 24.3 Å². The van der Waals surface area contributed by atoms with E-state index in [0.717, 1.165) is 17.9 Å². The summed E-state index contributed by atoms with van der Waals surface area (Å²) in [6.45, 7) is 4.61. The van der Waals surface area contributed by atoms with Gasteiger partial charge in [-0.05, 0) is 31.5 Å². The lowest BCUT2D eigenvalue weighted by atomic mass is 9.94. The number of carboxylic acid groups (broad SMARTS) is 1. The third-order valence-electron chi connectivity index (χ3n) is 3.28. The molecule has 20 heavy (non-hydrogen) atoms. The van der Waals surface area contributed by atoms with E-state index in [0.29, 0.717) is 17.0 Å². The molecule has 106 valence electrons. The zero-order valence-corrected chi connectivity index (χ0v) is 12.3. The second-order valence-electron chi connectivity index (χ2n) is 4.71. The maximum atomic E-state index is 11.6. The van der Waals surface area contributed by atoms with Gasteiger partial charge in [0.25, 0.3) is 0 Å². The van der Waals surface area contributed by atoms with Gasteiger partial charge in [-0.15, -0.1) is 0 Å². The number of carboxylic acids is 1. The van der Waals surface area contributed by atoms with Gasteiger partial charge in [0.2, 0.25) is 0 Å². The third kappa shape index (κ3) is 3.02. The minimum absolute atomic E-state index is 0.383. The Hall–Kier alpha value is -1.81. The van der Waals surface area contributed by atoms with Gasteiger partial charge in [0.15, 0.2) is 0 Å². The summed E-state index contributed by atoms with van der Waals surface area (Å²) in [7, 11) is 0. The number of rotatable bonds is 5. The number of hydrogen-bond acceptors (Lipinski definition) is 2. The topological polar surface area (TPSA) is 55.1 Å². The highest BCUT2D eigenvalue weighted by atomic mass is 35.5. The van der Waals surface area contributed by atoms with Gasteiger partial charge in [0, 0.05) is 23.7 Å². The van der Waals surface area contributed by atoms with Gasteiger partial charge in [0.1, 0.15) is 0 Å². The summed E-state index contributed by atoms with van der Waals surface area (Å²) in [4.78, 5) is 11.6. The summed E-state index contributed by atoms with van der Waals surface area (Å²) in [6.07, 6.45) is 0.383. The van der Waals surface area contributed by atoms with Crippen LogP contribution in [-0.2, 0) is 17.8 Å². The van der Waals surface area contributed by atoms with Crippen molar-refractivity contribution in [1.82, 2.24) is 9.78 Å². The van der Waals surface area contributed by atoms with Crippen LogP contribution in [-0.4, -0.2) is 20.9 Å². The molecule has 2 aromatic rings. The number of carbonyl (C=O) groups is 1. The summed E-state index contributed by atoms with van der Waals surface area (Å²) >= 11 is 6.12. The van der Waals surface area contributed by atoms with Crippen LogP contribution in [0.2, 0.25) is 5.02 Å². The summed E-state index contributed by atoms with van der Waals surface area (Å²) in [6, 6.07) is 9.01. The van der Waals surface area contributed by atoms with E-state index in [-0.39, 0.29) is 0 Å². The molecular formula is C15H17ClN2O2. The molecule has 0 saturated heterocycles. The van der Waals surface area contributed by atoms with E-state index in [1.165, 1.54) is 0 Å². The fourth-order valence-electron chi connectivity index (χ4n) is 2.33. The molecule has 5 heteroatoms. The Morgan fingerprint density at radius 2 is 2.15 bits per heavy atom. The number of hydrogen-bond donors (Lipinski definition) is 1. The van der Waals surface area contributed by atoms with Crippen molar-refractivity contribution in [2.24, 2.45) is 0 Å². The molecule has 0 spiro atoms. The molecule has 0 bridgehead atoms. The molecule has 1 heterocycles. The molecule has 1 atom stereocenters. The van der Waals surface area contributed by atoms with E-state index >= 15 is 0 Å². The Kier molecular flexibility index (Phi) is 4.45. The zero-order chi connectivity index (χ0) is 14.7. The van der Waals surface area contributed by atoms with E-state index in [2.05, 4.69) is 5.10 Å². The van der Waals surface area contributed by atoms with Crippen molar-refractivity contribution >= 4 is 17.6 Å². The highest BCUT2D eigenvalue weighted by Gasteiger charge is 2.24. The van der Waals surface area contributed by atoms with Crippen LogP contribution in [0.3, 0.4) is 0 Å². The number of benzene rings is 1. The van der Waals surface area contributed by atoms with Gasteiger partial charge in [-0.2, -0.15) is 5.10 Å². The van der Waals surface area contributed by atoms with E-state index in [1.807, 2.05) is 24.6 Å². The second kappa shape index (κ2) is 6.09. The molecule has 0 aliphatic rings. The number of nitrogens with zero attached hydrogens (tertiary/aromatic N) is 2. The lowest BCUT2D eigenvalue weighted by Gasteiger charge is -2.15. The Morgan fingerprint density at radius 3 is 2.75 bits per heavy atom. The summed E-state index contributed by atoms with van der Waals surface area (Å²) in [5.74, 6) is -1.54. The standard InChI is InChI=1S/C15H17ClN2O2/c1-3-18-11(8-10(2)17-18)9-13(15(19)20)12-6-4-5-7-14(12)16/h4-8,13H,3,9H2,1-2H3,(H,19,20). The quantitative estimate of drug-likeness (QED) is 0.920. The molecule has 1 aromatic heterocycles. The van der Waals surface area contributed by atoms with Gasteiger partial charge in [-0.1, -0.05) is 29.8 Å². The van der Waals surface area contributed by atoms with Crippen LogP contribution in [0, 0.1) is 6.92 Å². The molecule has 0 amide bonds. The van der Waals surface area contributed by atoms with Crippen molar-refractivity contribution in [3.8, 4) is 0 Å². The predicted molar refractivity (Wildman–Crippen MR) is 78.2 cm³/mol. The molecule has 0 radical (unpaired) electrons. The smallest absolute Gasteiger partial charge is 0.311 e. The Morgan fingerprint density at radius 1 is 1.45 bits per heavy atom. The molecule has 0 aliphatic carbocycles. The van der Waals surface area contributed by atoms with Gasteiger partial charge < -0.3 is 5.11 Å². The lowest BCUT2D eigenvalue weighted by Crippen LogP contribution is -2.17.